The minimum absolute atomic E-state index is 0.0000926. The average Bonchev–Trinajstić information content (AvgIpc) is 2.89. The molecule has 2 heterocycles. The maximum Gasteiger partial charge on any atom is 0.434 e. The van der Waals surface area contributed by atoms with Crippen LogP contribution in [0.4, 0.5) is 10.7 Å². The van der Waals surface area contributed by atoms with Gasteiger partial charge in [-0.25, -0.2) is 9.36 Å². The average molecular weight is 256 g/mol. The van der Waals surface area contributed by atoms with Crippen molar-refractivity contribution in [1.82, 2.24) is 14.5 Å². The fraction of sp³-hybridized carbons (Fsp3) is 0.556. The summed E-state index contributed by atoms with van der Waals surface area (Å²) in [6.07, 6.45) is 1.30. The molecule has 1 aliphatic rings. The summed E-state index contributed by atoms with van der Waals surface area (Å²) in [5.41, 5.74) is 0. The second kappa shape index (κ2) is 5.00. The van der Waals surface area contributed by atoms with E-state index in [4.69, 9.17) is 4.74 Å². The van der Waals surface area contributed by atoms with Gasteiger partial charge in [0.05, 0.1) is 19.6 Å². The van der Waals surface area contributed by atoms with Crippen LogP contribution >= 0.6 is 0 Å². The SMILES string of the molecule is O=C1OCCN1C[C@H](O)Cn1ccnc1[N+](=O)[O-]. The molecule has 1 fully saturated rings. The number of carbonyl (C=O) groups is 1. The van der Waals surface area contributed by atoms with E-state index in [1.165, 1.54) is 21.9 Å². The van der Waals surface area contributed by atoms with Crippen LogP contribution in [0.2, 0.25) is 0 Å². The molecule has 1 aromatic heterocycles. The molecular weight excluding hydrogens is 244 g/mol. The van der Waals surface area contributed by atoms with Gasteiger partial charge in [-0.1, -0.05) is 4.98 Å². The predicted molar refractivity (Wildman–Crippen MR) is 57.8 cm³/mol. The van der Waals surface area contributed by atoms with E-state index in [-0.39, 0.29) is 19.0 Å². The van der Waals surface area contributed by atoms with Crippen molar-refractivity contribution in [3.05, 3.63) is 22.5 Å². The zero-order valence-electron chi connectivity index (χ0n) is 9.43. The lowest BCUT2D eigenvalue weighted by molar-refractivity contribution is -0.397. The quantitative estimate of drug-likeness (QED) is 0.567. The summed E-state index contributed by atoms with van der Waals surface area (Å²) in [7, 11) is 0. The van der Waals surface area contributed by atoms with E-state index in [2.05, 4.69) is 4.98 Å². The third-order valence-electron chi connectivity index (χ3n) is 2.54. The van der Waals surface area contributed by atoms with E-state index in [1.54, 1.807) is 0 Å². The zero-order valence-corrected chi connectivity index (χ0v) is 9.43. The summed E-state index contributed by atoms with van der Waals surface area (Å²) in [6.45, 7) is 0.799. The first-order valence-corrected chi connectivity index (χ1v) is 5.33. The number of hydrogen-bond donors (Lipinski definition) is 1. The Morgan fingerprint density at radius 2 is 2.39 bits per heavy atom. The van der Waals surface area contributed by atoms with Gasteiger partial charge < -0.3 is 24.9 Å². The van der Waals surface area contributed by atoms with Gasteiger partial charge >= 0.3 is 12.0 Å². The minimum Gasteiger partial charge on any atom is -0.448 e. The topological polar surface area (TPSA) is 111 Å². The first-order chi connectivity index (χ1) is 8.58. The molecule has 0 aromatic carbocycles. The van der Waals surface area contributed by atoms with E-state index in [9.17, 15) is 20.0 Å². The number of hydrogen-bond acceptors (Lipinski definition) is 6. The molecule has 0 saturated carbocycles. The van der Waals surface area contributed by atoms with Gasteiger partial charge in [0, 0.05) is 0 Å². The van der Waals surface area contributed by atoms with Gasteiger partial charge in [-0.2, -0.15) is 0 Å². The highest BCUT2D eigenvalue weighted by molar-refractivity contribution is 5.69. The number of aliphatic hydroxyl groups excluding tert-OH is 1. The molecule has 0 radical (unpaired) electrons. The number of nitrogens with zero attached hydrogens (tertiary/aromatic N) is 4. The van der Waals surface area contributed by atoms with E-state index in [0.717, 1.165) is 0 Å². The van der Waals surface area contributed by atoms with Crippen LogP contribution in [0.3, 0.4) is 0 Å². The molecular formula is C9H12N4O5. The van der Waals surface area contributed by atoms with Crippen molar-refractivity contribution in [3.63, 3.8) is 0 Å². The van der Waals surface area contributed by atoms with Crippen LogP contribution < -0.4 is 0 Å². The van der Waals surface area contributed by atoms with Gasteiger partial charge in [-0.05, 0) is 4.92 Å². The fourth-order valence-corrected chi connectivity index (χ4v) is 1.75. The second-order valence-corrected chi connectivity index (χ2v) is 3.85. The Balaban J connectivity index is 1.94. The lowest BCUT2D eigenvalue weighted by Gasteiger charge is -2.16. The van der Waals surface area contributed by atoms with E-state index in [1.807, 2.05) is 0 Å². The third kappa shape index (κ3) is 2.56. The number of amides is 1. The predicted octanol–water partition coefficient (Wildman–Crippen LogP) is -0.396. The number of imidazole rings is 1. The molecule has 1 saturated heterocycles. The molecule has 2 rings (SSSR count). The van der Waals surface area contributed by atoms with Crippen LogP contribution in [0.25, 0.3) is 0 Å². The van der Waals surface area contributed by atoms with Crippen molar-refractivity contribution in [2.24, 2.45) is 0 Å². The monoisotopic (exact) mass is 256 g/mol. The Labute approximate surface area is 102 Å². The fourth-order valence-electron chi connectivity index (χ4n) is 1.75. The molecule has 0 unspecified atom stereocenters. The van der Waals surface area contributed by atoms with Crippen LogP contribution in [0.5, 0.6) is 0 Å². The van der Waals surface area contributed by atoms with Crippen molar-refractivity contribution < 1.29 is 19.6 Å². The van der Waals surface area contributed by atoms with Gasteiger partial charge in [0.1, 0.15) is 25.1 Å². The van der Waals surface area contributed by atoms with Gasteiger partial charge in [0.25, 0.3) is 0 Å². The van der Waals surface area contributed by atoms with Crippen molar-refractivity contribution in [1.29, 1.82) is 0 Å². The number of ether oxygens (including phenoxy) is 1. The summed E-state index contributed by atoms with van der Waals surface area (Å²) in [6, 6.07) is 0. The zero-order chi connectivity index (χ0) is 13.1. The molecule has 18 heavy (non-hydrogen) atoms. The number of carbonyl (C=O) groups excluding carboxylic acids is 1. The number of β-amino-alcohol motifs (C(OH)–C–C–N with tert-alkyl or cyclic N) is 1. The van der Waals surface area contributed by atoms with E-state index < -0.39 is 17.1 Å². The highest BCUT2D eigenvalue weighted by atomic mass is 16.6. The normalized spacial score (nSPS) is 16.7. The lowest BCUT2D eigenvalue weighted by Crippen LogP contribution is -2.35. The van der Waals surface area contributed by atoms with Crippen LogP contribution in [0.1, 0.15) is 0 Å². The number of nitro groups is 1. The molecule has 1 N–H and O–H groups in total. The molecule has 9 heteroatoms. The highest BCUT2D eigenvalue weighted by Gasteiger charge is 2.26. The molecule has 0 spiro atoms. The van der Waals surface area contributed by atoms with Crippen LogP contribution in [0.15, 0.2) is 12.4 Å². The Morgan fingerprint density at radius 3 is 3.00 bits per heavy atom. The first-order valence-electron chi connectivity index (χ1n) is 5.33. The standard InChI is InChI=1S/C9H12N4O5/c14-7(6-12-3-4-18-9(12)15)5-11-2-1-10-8(11)13(16)17/h1-2,7,14H,3-6H2/t7-/m1/s1. The van der Waals surface area contributed by atoms with Gasteiger partial charge in [-0.3, -0.25) is 0 Å². The summed E-state index contributed by atoms with van der Waals surface area (Å²) >= 11 is 0. The summed E-state index contributed by atoms with van der Waals surface area (Å²) < 4.78 is 5.94. The van der Waals surface area contributed by atoms with Crippen LogP contribution in [-0.2, 0) is 11.3 Å². The summed E-state index contributed by atoms with van der Waals surface area (Å²) in [4.78, 5) is 26.1. The number of cyclic esters (lactones) is 1. The highest BCUT2D eigenvalue weighted by Crippen LogP contribution is 2.10. The molecule has 1 aromatic rings. The Kier molecular flexibility index (Phi) is 3.42. The Hall–Kier alpha value is -2.16. The number of rotatable bonds is 5. The van der Waals surface area contributed by atoms with Crippen molar-refractivity contribution >= 4 is 12.0 Å². The van der Waals surface area contributed by atoms with E-state index >= 15 is 0 Å². The maximum atomic E-state index is 11.2. The summed E-state index contributed by atoms with van der Waals surface area (Å²) in [5.74, 6) is -0.335. The molecule has 1 atom stereocenters. The van der Waals surface area contributed by atoms with Crippen molar-refractivity contribution in [3.8, 4) is 0 Å². The molecule has 9 nitrogen and oxygen atoms in total. The van der Waals surface area contributed by atoms with Gasteiger partial charge in [-0.15, -0.1) is 0 Å². The Morgan fingerprint density at radius 1 is 1.61 bits per heavy atom. The second-order valence-electron chi connectivity index (χ2n) is 3.85. The van der Waals surface area contributed by atoms with Gasteiger partial charge in [0.15, 0.2) is 0 Å². The largest absolute Gasteiger partial charge is 0.448 e. The molecule has 1 aliphatic heterocycles. The van der Waals surface area contributed by atoms with Crippen molar-refractivity contribution in [2.75, 3.05) is 19.7 Å². The Bertz CT molecular complexity index is 460. The number of aromatic nitrogens is 2. The molecule has 0 bridgehead atoms. The first kappa shape index (κ1) is 12.3. The molecule has 98 valence electrons. The number of aliphatic hydroxyl groups is 1. The maximum absolute atomic E-state index is 11.2. The van der Waals surface area contributed by atoms with Crippen molar-refractivity contribution in [2.45, 2.75) is 12.6 Å². The minimum atomic E-state index is -0.913. The van der Waals surface area contributed by atoms with Crippen LogP contribution in [-0.4, -0.2) is 56.4 Å². The van der Waals surface area contributed by atoms with Gasteiger partial charge in [0.2, 0.25) is 0 Å². The van der Waals surface area contributed by atoms with Crippen LogP contribution in [0, 0.1) is 10.1 Å². The van der Waals surface area contributed by atoms with E-state index in [0.29, 0.717) is 13.2 Å². The lowest BCUT2D eigenvalue weighted by atomic mass is 10.3. The third-order valence-corrected chi connectivity index (χ3v) is 2.54. The molecule has 0 aliphatic carbocycles. The smallest absolute Gasteiger partial charge is 0.434 e. The summed E-state index contributed by atoms with van der Waals surface area (Å²) in [5, 5.41) is 20.4. The molecule has 1 amide bonds.